The third-order valence-electron chi connectivity index (χ3n) is 4.21. The second kappa shape index (κ2) is 7.04. The van der Waals surface area contributed by atoms with Crippen molar-refractivity contribution in [3.05, 3.63) is 61.4 Å². The van der Waals surface area contributed by atoms with Crippen LogP contribution in [0.4, 0.5) is 4.39 Å². The normalized spacial score (nSPS) is 11.0. The molecule has 0 atom stereocenters. The molecule has 0 unspecified atom stereocenters. The summed E-state index contributed by atoms with van der Waals surface area (Å²) in [6, 6.07) is 4.80. The summed E-state index contributed by atoms with van der Waals surface area (Å²) < 4.78 is 15.2. The molecule has 10 heteroatoms. The monoisotopic (exact) mass is 404 g/mol. The molecule has 0 saturated carbocycles. The van der Waals surface area contributed by atoms with Crippen molar-refractivity contribution < 1.29 is 14.0 Å². The third kappa shape index (κ3) is 3.11. The van der Waals surface area contributed by atoms with Crippen molar-refractivity contribution in [2.45, 2.75) is 13.5 Å². The van der Waals surface area contributed by atoms with Gasteiger partial charge in [-0.25, -0.2) is 13.8 Å². The number of carbonyl (C=O) groups is 2. The molecular formula is C18H17FN4O4S. The molecule has 2 amide bonds. The van der Waals surface area contributed by atoms with Gasteiger partial charge in [0.25, 0.3) is 11.5 Å². The van der Waals surface area contributed by atoms with Crippen molar-refractivity contribution in [3.8, 4) is 5.69 Å². The van der Waals surface area contributed by atoms with Crippen molar-refractivity contribution >= 4 is 33.4 Å². The van der Waals surface area contributed by atoms with E-state index in [0.29, 0.717) is 5.56 Å². The smallest absolute Gasteiger partial charge is 0.337 e. The molecule has 0 saturated heterocycles. The average Bonchev–Trinajstić information content (AvgIpc) is 2.96. The quantitative estimate of drug-likeness (QED) is 0.695. The van der Waals surface area contributed by atoms with Crippen LogP contribution in [0.3, 0.4) is 0 Å². The van der Waals surface area contributed by atoms with Crippen molar-refractivity contribution in [3.63, 3.8) is 0 Å². The maximum atomic E-state index is 13.3. The van der Waals surface area contributed by atoms with Crippen LogP contribution in [0.15, 0.2) is 33.9 Å². The number of amides is 2. The van der Waals surface area contributed by atoms with E-state index in [1.807, 2.05) is 0 Å². The Kier molecular flexibility index (Phi) is 4.90. The highest BCUT2D eigenvalue weighted by Crippen LogP contribution is 2.29. The number of fused-ring (bicyclic) bond motifs is 1. The van der Waals surface area contributed by atoms with Crippen molar-refractivity contribution in [2.75, 3.05) is 14.1 Å². The number of nitrogens with zero attached hydrogens (tertiary/aromatic N) is 3. The lowest BCUT2D eigenvalue weighted by Gasteiger charge is -2.11. The molecule has 2 aromatic heterocycles. The van der Waals surface area contributed by atoms with Gasteiger partial charge >= 0.3 is 5.69 Å². The van der Waals surface area contributed by atoms with Crippen LogP contribution in [-0.4, -0.2) is 39.9 Å². The largest absolute Gasteiger partial charge is 0.368 e. The van der Waals surface area contributed by atoms with Gasteiger partial charge in [-0.3, -0.25) is 19.0 Å². The lowest BCUT2D eigenvalue weighted by Crippen LogP contribution is -2.40. The van der Waals surface area contributed by atoms with Crippen LogP contribution in [0.2, 0.25) is 0 Å². The maximum absolute atomic E-state index is 13.3. The van der Waals surface area contributed by atoms with E-state index in [2.05, 4.69) is 0 Å². The second-order valence-electron chi connectivity index (χ2n) is 6.39. The Labute approximate surface area is 162 Å². The molecule has 3 aromatic rings. The lowest BCUT2D eigenvalue weighted by molar-refractivity contribution is -0.118. The van der Waals surface area contributed by atoms with Crippen LogP contribution in [0.5, 0.6) is 0 Å². The molecule has 2 N–H and O–H groups in total. The van der Waals surface area contributed by atoms with Gasteiger partial charge in [-0.15, -0.1) is 11.3 Å². The lowest BCUT2D eigenvalue weighted by atomic mass is 10.2. The van der Waals surface area contributed by atoms with Gasteiger partial charge in [-0.2, -0.15) is 0 Å². The summed E-state index contributed by atoms with van der Waals surface area (Å²) in [6.07, 6.45) is 0. The molecule has 1 aromatic carbocycles. The van der Waals surface area contributed by atoms with E-state index in [1.54, 1.807) is 21.0 Å². The Balaban J connectivity index is 2.46. The topological polar surface area (TPSA) is 107 Å². The first-order valence-electron chi connectivity index (χ1n) is 8.18. The zero-order chi connectivity index (χ0) is 20.7. The zero-order valence-corrected chi connectivity index (χ0v) is 16.2. The molecule has 0 bridgehead atoms. The Morgan fingerprint density at radius 3 is 2.32 bits per heavy atom. The fourth-order valence-electron chi connectivity index (χ4n) is 2.87. The summed E-state index contributed by atoms with van der Waals surface area (Å²) in [6.45, 7) is 1.14. The van der Waals surface area contributed by atoms with Gasteiger partial charge in [0.15, 0.2) is 0 Å². The van der Waals surface area contributed by atoms with Crippen molar-refractivity contribution in [2.24, 2.45) is 5.73 Å². The molecule has 3 rings (SSSR count). The van der Waals surface area contributed by atoms with Gasteiger partial charge in [0.05, 0.1) is 16.0 Å². The SMILES string of the molecule is Cc1c(C(=O)N(C)C)sc2c1c(=O)n(-c1ccc(F)cc1)c(=O)n2CC(N)=O. The summed E-state index contributed by atoms with van der Waals surface area (Å²) in [4.78, 5) is 51.9. The highest BCUT2D eigenvalue weighted by molar-refractivity contribution is 7.20. The Morgan fingerprint density at radius 1 is 1.18 bits per heavy atom. The predicted molar refractivity (Wildman–Crippen MR) is 104 cm³/mol. The average molecular weight is 404 g/mol. The number of primary amides is 1. The number of carbonyl (C=O) groups excluding carboxylic acids is 2. The first-order chi connectivity index (χ1) is 13.1. The van der Waals surface area contributed by atoms with E-state index in [-0.39, 0.29) is 26.7 Å². The van der Waals surface area contributed by atoms with Gasteiger partial charge < -0.3 is 10.6 Å². The summed E-state index contributed by atoms with van der Waals surface area (Å²) >= 11 is 0.954. The molecule has 28 heavy (non-hydrogen) atoms. The molecule has 0 aliphatic rings. The standard InChI is InChI=1S/C18H17FN4O4S/c1-9-13-15(25)23(11-6-4-10(19)5-7-11)18(27)22(8-12(20)24)17(13)28-14(9)16(26)21(2)3/h4-7H,8H2,1-3H3,(H2,20,24). The molecule has 8 nitrogen and oxygen atoms in total. The highest BCUT2D eigenvalue weighted by Gasteiger charge is 2.24. The Bertz CT molecular complexity index is 1220. The number of nitrogens with two attached hydrogens (primary N) is 1. The molecule has 2 heterocycles. The summed E-state index contributed by atoms with van der Waals surface area (Å²) in [5.41, 5.74) is 4.37. The summed E-state index contributed by atoms with van der Waals surface area (Å²) in [7, 11) is 3.14. The third-order valence-corrected chi connectivity index (χ3v) is 5.51. The van der Waals surface area contributed by atoms with E-state index in [0.717, 1.165) is 32.6 Å². The maximum Gasteiger partial charge on any atom is 0.337 e. The van der Waals surface area contributed by atoms with E-state index in [9.17, 15) is 23.6 Å². The minimum Gasteiger partial charge on any atom is -0.368 e. The Morgan fingerprint density at radius 2 is 1.79 bits per heavy atom. The van der Waals surface area contributed by atoms with Crippen LogP contribution < -0.4 is 17.0 Å². The molecule has 0 aliphatic heterocycles. The second-order valence-corrected chi connectivity index (χ2v) is 7.39. The molecular weight excluding hydrogens is 387 g/mol. The number of aryl methyl sites for hydroxylation is 1. The van der Waals surface area contributed by atoms with Crippen LogP contribution in [0.1, 0.15) is 15.2 Å². The number of aromatic nitrogens is 2. The van der Waals surface area contributed by atoms with Crippen LogP contribution in [0.25, 0.3) is 15.9 Å². The van der Waals surface area contributed by atoms with E-state index < -0.39 is 29.5 Å². The first-order valence-corrected chi connectivity index (χ1v) is 9.00. The van der Waals surface area contributed by atoms with Gasteiger partial charge in [-0.05, 0) is 36.8 Å². The van der Waals surface area contributed by atoms with Crippen LogP contribution >= 0.6 is 11.3 Å². The van der Waals surface area contributed by atoms with Crippen molar-refractivity contribution in [1.82, 2.24) is 14.0 Å². The van der Waals surface area contributed by atoms with E-state index in [4.69, 9.17) is 5.73 Å². The minimum absolute atomic E-state index is 0.139. The van der Waals surface area contributed by atoms with Crippen LogP contribution in [-0.2, 0) is 11.3 Å². The van der Waals surface area contributed by atoms with Crippen LogP contribution in [0, 0.1) is 12.7 Å². The van der Waals surface area contributed by atoms with Gasteiger partial charge in [0.2, 0.25) is 5.91 Å². The number of hydrogen-bond donors (Lipinski definition) is 1. The molecule has 146 valence electrons. The summed E-state index contributed by atoms with van der Waals surface area (Å²) in [5, 5.41) is 0.139. The van der Waals surface area contributed by atoms with E-state index in [1.165, 1.54) is 17.0 Å². The van der Waals surface area contributed by atoms with Gasteiger partial charge in [-0.1, -0.05) is 0 Å². The zero-order valence-electron chi connectivity index (χ0n) is 15.4. The number of benzene rings is 1. The number of hydrogen-bond acceptors (Lipinski definition) is 5. The molecule has 0 spiro atoms. The highest BCUT2D eigenvalue weighted by atomic mass is 32.1. The fourth-order valence-corrected chi connectivity index (χ4v) is 4.18. The van der Waals surface area contributed by atoms with Gasteiger partial charge in [0, 0.05) is 14.1 Å². The number of thiophene rings is 1. The fraction of sp³-hybridized carbons (Fsp3) is 0.222. The summed E-state index contributed by atoms with van der Waals surface area (Å²) in [5.74, 6) is -1.63. The molecule has 0 aliphatic carbocycles. The first kappa shape index (κ1) is 19.5. The van der Waals surface area contributed by atoms with E-state index >= 15 is 0 Å². The molecule has 0 radical (unpaired) electrons. The predicted octanol–water partition coefficient (Wildman–Crippen LogP) is 0.849. The van der Waals surface area contributed by atoms with Crippen molar-refractivity contribution in [1.29, 1.82) is 0 Å². The molecule has 0 fully saturated rings. The van der Waals surface area contributed by atoms with Gasteiger partial charge in [0.1, 0.15) is 17.2 Å². The Hall–Kier alpha value is -3.27. The number of rotatable bonds is 4. The minimum atomic E-state index is -0.798. The number of halogens is 1.